The van der Waals surface area contributed by atoms with Crippen LogP contribution in [-0.2, 0) is 0 Å². The van der Waals surface area contributed by atoms with Crippen molar-refractivity contribution in [2.45, 2.75) is 11.0 Å². The van der Waals surface area contributed by atoms with E-state index in [2.05, 4.69) is 0 Å². The molecule has 0 atom stereocenters. The van der Waals surface area contributed by atoms with Gasteiger partial charge in [-0.15, -0.1) is 23.2 Å². The fraction of sp³-hybridized carbons (Fsp3) is 0.333. The Labute approximate surface area is 71.5 Å². The second-order valence-electron chi connectivity index (χ2n) is 1.96. The minimum atomic E-state index is -0.877. The van der Waals surface area contributed by atoms with Crippen LogP contribution in [0, 0.1) is 0 Å². The van der Waals surface area contributed by atoms with E-state index >= 15 is 0 Å². The third-order valence-corrected chi connectivity index (χ3v) is 4.92. The highest BCUT2D eigenvalue weighted by molar-refractivity contribution is 6.86. The lowest BCUT2D eigenvalue weighted by atomic mass is 10.7. The van der Waals surface area contributed by atoms with Crippen LogP contribution >= 0.6 is 23.2 Å². The quantitative estimate of drug-likeness (QED) is 0.518. The van der Waals surface area contributed by atoms with Gasteiger partial charge < -0.3 is 4.42 Å². The summed E-state index contributed by atoms with van der Waals surface area (Å²) >= 11 is 11.3. The topological polar surface area (TPSA) is 13.1 Å². The van der Waals surface area contributed by atoms with Gasteiger partial charge in [0.15, 0.2) is 8.80 Å². The number of halogens is 2. The second-order valence-corrected chi connectivity index (χ2v) is 6.23. The predicted molar refractivity (Wildman–Crippen MR) is 45.5 cm³/mol. The van der Waals surface area contributed by atoms with Gasteiger partial charge in [-0.05, 0) is 12.1 Å². The Kier molecular flexibility index (Phi) is 2.83. The van der Waals surface area contributed by atoms with Gasteiger partial charge in [0.2, 0.25) is 0 Å². The van der Waals surface area contributed by atoms with Crippen molar-refractivity contribution >= 4 is 37.4 Å². The Bertz CT molecular complexity index is 186. The molecule has 55 valence electrons. The van der Waals surface area contributed by atoms with Gasteiger partial charge in [0.25, 0.3) is 0 Å². The molecule has 0 saturated carbocycles. The highest BCUT2D eigenvalue weighted by Crippen LogP contribution is 2.06. The Morgan fingerprint density at radius 1 is 1.60 bits per heavy atom. The van der Waals surface area contributed by atoms with E-state index in [4.69, 9.17) is 27.6 Å². The molecule has 1 rings (SSSR count). The van der Waals surface area contributed by atoms with Crippen LogP contribution in [0.2, 0.25) is 6.55 Å². The van der Waals surface area contributed by atoms with Crippen molar-refractivity contribution in [2.75, 3.05) is 0 Å². The lowest BCUT2D eigenvalue weighted by Gasteiger charge is -2.04. The highest BCUT2D eigenvalue weighted by atomic mass is 35.5. The molecule has 0 saturated heterocycles. The van der Waals surface area contributed by atoms with Gasteiger partial charge in [-0.1, -0.05) is 6.55 Å². The van der Waals surface area contributed by atoms with Crippen molar-refractivity contribution in [2.24, 2.45) is 0 Å². The van der Waals surface area contributed by atoms with Gasteiger partial charge >= 0.3 is 0 Å². The van der Waals surface area contributed by atoms with Crippen molar-refractivity contribution in [3.05, 3.63) is 18.4 Å². The largest absolute Gasteiger partial charge is 0.475 e. The summed E-state index contributed by atoms with van der Waals surface area (Å²) in [6.45, 7) is 2.02. The molecule has 0 unspecified atom stereocenters. The molecule has 0 aliphatic carbocycles. The van der Waals surface area contributed by atoms with E-state index in [9.17, 15) is 0 Å². The molecule has 1 radical (unpaired) electrons. The van der Waals surface area contributed by atoms with E-state index in [1.54, 1.807) is 6.26 Å². The summed E-state index contributed by atoms with van der Waals surface area (Å²) in [5, 5.41) is 0.931. The van der Waals surface area contributed by atoms with E-state index in [-0.39, 0.29) is 4.46 Å². The first-order chi connectivity index (χ1) is 4.72. The van der Waals surface area contributed by atoms with Crippen LogP contribution in [0.25, 0.3) is 0 Å². The summed E-state index contributed by atoms with van der Waals surface area (Å²) in [7, 11) is -0.877. The smallest absolute Gasteiger partial charge is 0.170 e. The molecule has 1 heterocycles. The van der Waals surface area contributed by atoms with Crippen molar-refractivity contribution in [3.8, 4) is 0 Å². The molecule has 0 aliphatic rings. The third kappa shape index (κ3) is 1.78. The molecular formula is C6H7Cl2OSi. The SMILES string of the molecule is C[Si](c1ccco1)C(Cl)Cl. The summed E-state index contributed by atoms with van der Waals surface area (Å²) in [6, 6.07) is 3.76. The van der Waals surface area contributed by atoms with Crippen LogP contribution in [0.4, 0.5) is 0 Å². The first-order valence-corrected chi connectivity index (χ1v) is 5.82. The first kappa shape index (κ1) is 8.18. The van der Waals surface area contributed by atoms with Gasteiger partial charge in [0, 0.05) is 0 Å². The minimum absolute atomic E-state index is 0.295. The Morgan fingerprint density at radius 2 is 2.30 bits per heavy atom. The molecule has 1 nitrogen and oxygen atoms in total. The number of hydrogen-bond acceptors (Lipinski definition) is 1. The summed E-state index contributed by atoms with van der Waals surface area (Å²) in [5.74, 6) is 0. The Balaban J connectivity index is 2.68. The van der Waals surface area contributed by atoms with Gasteiger partial charge in [-0.2, -0.15) is 0 Å². The van der Waals surface area contributed by atoms with Crippen LogP contribution in [0.1, 0.15) is 0 Å². The maximum Gasteiger partial charge on any atom is 0.170 e. The zero-order valence-electron chi connectivity index (χ0n) is 5.47. The molecule has 0 bridgehead atoms. The molecule has 0 aromatic carbocycles. The minimum Gasteiger partial charge on any atom is -0.475 e. The number of rotatable bonds is 2. The standard InChI is InChI=1S/C6H7Cl2OSi/c1-10(6(7)8)5-3-2-4-9-5/h2-4,6H,1H3. The maximum atomic E-state index is 5.67. The summed E-state index contributed by atoms with van der Waals surface area (Å²) in [5.41, 5.74) is 0. The van der Waals surface area contributed by atoms with Crippen molar-refractivity contribution in [3.63, 3.8) is 0 Å². The zero-order chi connectivity index (χ0) is 7.56. The molecule has 10 heavy (non-hydrogen) atoms. The van der Waals surface area contributed by atoms with E-state index < -0.39 is 8.80 Å². The van der Waals surface area contributed by atoms with Crippen molar-refractivity contribution < 1.29 is 4.42 Å². The zero-order valence-corrected chi connectivity index (χ0v) is 7.99. The van der Waals surface area contributed by atoms with Crippen LogP contribution in [0.15, 0.2) is 22.8 Å². The van der Waals surface area contributed by atoms with E-state index in [0.29, 0.717) is 0 Å². The Morgan fingerprint density at radius 3 is 2.70 bits per heavy atom. The number of alkyl halides is 2. The van der Waals surface area contributed by atoms with Crippen LogP contribution in [-0.4, -0.2) is 13.3 Å². The summed E-state index contributed by atoms with van der Waals surface area (Å²) in [4.78, 5) is 0. The molecule has 1 aromatic rings. The molecule has 0 fully saturated rings. The monoisotopic (exact) mass is 193 g/mol. The number of hydrogen-bond donors (Lipinski definition) is 0. The summed E-state index contributed by atoms with van der Waals surface area (Å²) < 4.78 is 4.84. The Hall–Kier alpha value is 0.0769. The molecule has 0 N–H and O–H groups in total. The molecule has 0 spiro atoms. The van der Waals surface area contributed by atoms with Crippen LogP contribution in [0.3, 0.4) is 0 Å². The highest BCUT2D eigenvalue weighted by Gasteiger charge is 2.18. The molecule has 0 amide bonds. The van der Waals surface area contributed by atoms with E-state index in [1.807, 2.05) is 18.7 Å². The van der Waals surface area contributed by atoms with Crippen molar-refractivity contribution in [1.29, 1.82) is 0 Å². The second kappa shape index (κ2) is 3.46. The first-order valence-electron chi connectivity index (χ1n) is 2.87. The number of furan rings is 1. The van der Waals surface area contributed by atoms with Crippen LogP contribution < -0.4 is 5.38 Å². The van der Waals surface area contributed by atoms with Gasteiger partial charge in [0.05, 0.1) is 11.6 Å². The fourth-order valence-corrected chi connectivity index (χ4v) is 2.08. The lowest BCUT2D eigenvalue weighted by Crippen LogP contribution is -2.31. The molecule has 0 aliphatic heterocycles. The molecular weight excluding hydrogens is 187 g/mol. The maximum absolute atomic E-state index is 5.67. The average Bonchev–Trinajstić information content (AvgIpc) is 2.36. The van der Waals surface area contributed by atoms with Crippen molar-refractivity contribution in [1.82, 2.24) is 0 Å². The third-order valence-electron chi connectivity index (χ3n) is 1.24. The average molecular weight is 194 g/mol. The van der Waals surface area contributed by atoms with E-state index in [0.717, 1.165) is 5.38 Å². The molecule has 1 aromatic heterocycles. The normalized spacial score (nSPS) is 11.3. The van der Waals surface area contributed by atoms with Gasteiger partial charge in [-0.25, -0.2) is 0 Å². The molecule has 4 heteroatoms. The van der Waals surface area contributed by atoms with E-state index in [1.165, 1.54) is 0 Å². The predicted octanol–water partition coefficient (Wildman–Crippen LogP) is 1.95. The van der Waals surface area contributed by atoms with Crippen LogP contribution in [0.5, 0.6) is 0 Å². The van der Waals surface area contributed by atoms with Gasteiger partial charge in [-0.3, -0.25) is 0 Å². The lowest BCUT2D eigenvalue weighted by molar-refractivity contribution is 0.599. The summed E-state index contributed by atoms with van der Waals surface area (Å²) in [6.07, 6.45) is 1.64. The van der Waals surface area contributed by atoms with Gasteiger partial charge in [0.1, 0.15) is 4.46 Å². The fourth-order valence-electron chi connectivity index (χ4n) is 0.610.